The lowest BCUT2D eigenvalue weighted by Gasteiger charge is -2.39. The number of carbonyl (C=O) groups is 2. The quantitative estimate of drug-likeness (QED) is 0.0758. The van der Waals surface area contributed by atoms with E-state index in [0.29, 0.717) is 4.90 Å². The highest BCUT2D eigenvalue weighted by molar-refractivity contribution is 8.05. The zero-order valence-corrected chi connectivity index (χ0v) is 38.2. The fourth-order valence-corrected chi connectivity index (χ4v) is 11.7. The number of benzene rings is 2. The first-order chi connectivity index (χ1) is 27.2. The molecule has 317 valence electrons. The van der Waals surface area contributed by atoms with Crippen LogP contribution in [0.4, 0.5) is 15.5 Å². The van der Waals surface area contributed by atoms with E-state index in [1.165, 1.54) is 29.9 Å². The Morgan fingerprint density at radius 1 is 0.828 bits per heavy atom. The second kappa shape index (κ2) is 19.8. The summed E-state index contributed by atoms with van der Waals surface area (Å²) in [5, 5.41) is 1.65. The lowest BCUT2D eigenvalue weighted by Crippen LogP contribution is -2.53. The van der Waals surface area contributed by atoms with Crippen molar-refractivity contribution in [3.05, 3.63) is 67.0 Å². The predicted octanol–water partition coefficient (Wildman–Crippen LogP) is 7.50. The zero-order valence-electron chi connectivity index (χ0n) is 35.5. The van der Waals surface area contributed by atoms with E-state index < -0.39 is 56.8 Å². The number of hydrogen-bond acceptors (Lipinski definition) is 14. The summed E-state index contributed by atoms with van der Waals surface area (Å²) in [7, 11) is -3.95. The smallest absolute Gasteiger partial charge is 0.427 e. The number of imidazole rings is 1. The van der Waals surface area contributed by atoms with E-state index in [2.05, 4.69) is 60.0 Å². The van der Waals surface area contributed by atoms with E-state index in [9.17, 15) is 14.2 Å². The third kappa shape index (κ3) is 13.0. The van der Waals surface area contributed by atoms with Crippen LogP contribution in [0, 0.1) is 5.41 Å². The zero-order chi connectivity index (χ0) is 42.9. The summed E-state index contributed by atoms with van der Waals surface area (Å²) >= 11 is 1.37. The average molecular weight is 859 g/mol. The van der Waals surface area contributed by atoms with Crippen LogP contribution in [0.5, 0.6) is 5.88 Å². The van der Waals surface area contributed by atoms with Gasteiger partial charge in [0.1, 0.15) is 24.1 Å². The highest BCUT2D eigenvalue weighted by Crippen LogP contribution is 2.52. The number of hydrogen-bond donors (Lipinski definition) is 0. The summed E-state index contributed by atoms with van der Waals surface area (Å²) in [4.78, 5) is 47.5. The topological polar surface area (TPSA) is 163 Å². The van der Waals surface area contributed by atoms with Crippen LogP contribution in [-0.2, 0) is 27.5 Å². The highest BCUT2D eigenvalue weighted by Gasteiger charge is 2.40. The minimum atomic E-state index is -3.51. The summed E-state index contributed by atoms with van der Waals surface area (Å²) in [6.45, 7) is 20.2. The molecule has 0 aliphatic heterocycles. The van der Waals surface area contributed by atoms with Gasteiger partial charge >= 0.3 is 19.8 Å². The van der Waals surface area contributed by atoms with Crippen LogP contribution in [0.1, 0.15) is 76.2 Å². The van der Waals surface area contributed by atoms with Crippen molar-refractivity contribution in [1.82, 2.24) is 19.7 Å². The molecule has 2 aromatic heterocycles. The number of thioether (sulfide) groups is 1. The van der Waals surface area contributed by atoms with Crippen molar-refractivity contribution in [3.63, 3.8) is 0 Å². The number of carbonyl (C=O) groups excluding carboxylic acids is 2. The molecule has 2 heterocycles. The number of amides is 2. The van der Waals surface area contributed by atoms with E-state index in [4.69, 9.17) is 32.5 Å². The molecule has 1 unspecified atom stereocenters. The predicted molar refractivity (Wildman–Crippen MR) is 228 cm³/mol. The molecule has 2 aromatic carbocycles. The SMILES string of the molecule is CCOP(=O)(CS[C@@H](COn1cnc2c(OC)nc(N(C(=O)OC(C)(C)C)C(=O)OC(C)(C)C)nc21)C(O[Si](c1ccccc1)c1ccccc1)C(C)(C)C)OCC. The molecule has 2 atom stereocenters. The monoisotopic (exact) mass is 858 g/mol. The Kier molecular flexibility index (Phi) is 16.0. The third-order valence-corrected chi connectivity index (χ3v) is 14.0. The van der Waals surface area contributed by atoms with Gasteiger partial charge in [-0.25, -0.2) is 14.6 Å². The Bertz CT molecular complexity index is 1930. The van der Waals surface area contributed by atoms with E-state index in [-0.39, 0.29) is 48.3 Å². The molecule has 58 heavy (non-hydrogen) atoms. The van der Waals surface area contributed by atoms with E-state index in [1.807, 2.05) is 36.4 Å². The molecule has 0 saturated carbocycles. The number of aromatic nitrogens is 4. The number of anilines is 1. The summed E-state index contributed by atoms with van der Waals surface area (Å²) in [5.74, 6) is -0.416. The molecule has 4 rings (SSSR count). The van der Waals surface area contributed by atoms with Gasteiger partial charge in [-0.05, 0) is 71.2 Å². The first-order valence-corrected chi connectivity index (χ1v) is 23.2. The first-order valence-electron chi connectivity index (χ1n) is 19.0. The summed E-state index contributed by atoms with van der Waals surface area (Å²) in [6, 6.07) is 20.2. The Labute approximate surface area is 347 Å². The Hall–Kier alpha value is -3.99. The van der Waals surface area contributed by atoms with Crippen LogP contribution >= 0.6 is 19.4 Å². The molecule has 0 fully saturated rings. The normalized spacial score (nSPS) is 13.6. The van der Waals surface area contributed by atoms with Crippen molar-refractivity contribution in [3.8, 4) is 5.88 Å². The number of nitrogens with zero attached hydrogens (tertiary/aromatic N) is 5. The largest absolute Gasteiger partial charge is 0.479 e. The molecule has 1 radical (unpaired) electrons. The molecule has 0 bridgehead atoms. The average Bonchev–Trinajstić information content (AvgIpc) is 3.54. The van der Waals surface area contributed by atoms with Crippen LogP contribution in [-0.4, -0.2) is 95.9 Å². The van der Waals surface area contributed by atoms with Gasteiger partial charge in [-0.2, -0.15) is 14.7 Å². The molecule has 18 heteroatoms. The molecular weight excluding hydrogens is 802 g/mol. The van der Waals surface area contributed by atoms with Crippen LogP contribution < -0.4 is 24.8 Å². The molecule has 0 saturated heterocycles. The number of imide groups is 1. The Morgan fingerprint density at radius 3 is 1.79 bits per heavy atom. The van der Waals surface area contributed by atoms with Crippen LogP contribution in [0.2, 0.25) is 0 Å². The standard InChI is InChI=1S/C40H57N5O10PSSi/c1-13-51-56(48,52-14-2)27-57-30(32(38(3,4)5)55-58(28-21-17-15-18-22-28)29-23-19-16-20-24-29)25-50-44-26-41-31-33(44)42-35(43-34(31)49-12)45(36(46)53-39(6,7)8)37(47)54-40(9,10)11/h15-24,26,30,32H,13-14,25,27H2,1-12H3/t30-,32?/m0/s1. The molecule has 4 aromatic rings. The van der Waals surface area contributed by atoms with Gasteiger partial charge in [0, 0.05) is 0 Å². The van der Waals surface area contributed by atoms with Crippen molar-refractivity contribution >= 4 is 68.1 Å². The molecular formula is C40H57N5O10PSSi. The molecule has 15 nitrogen and oxygen atoms in total. The van der Waals surface area contributed by atoms with E-state index in [0.717, 1.165) is 10.4 Å². The molecule has 2 amide bonds. The fraction of sp³-hybridized carbons (Fsp3) is 0.525. The minimum absolute atomic E-state index is 0.00145. The van der Waals surface area contributed by atoms with Gasteiger partial charge in [-0.15, -0.1) is 16.7 Å². The van der Waals surface area contributed by atoms with E-state index >= 15 is 0 Å². The molecule has 0 spiro atoms. The number of fused-ring (bicyclic) bond motifs is 1. The Morgan fingerprint density at radius 2 is 1.34 bits per heavy atom. The lowest BCUT2D eigenvalue weighted by atomic mass is 9.87. The maximum Gasteiger partial charge on any atom is 0.427 e. The molecule has 0 aliphatic rings. The van der Waals surface area contributed by atoms with Crippen molar-refractivity contribution in [2.45, 2.75) is 98.7 Å². The van der Waals surface area contributed by atoms with Gasteiger partial charge in [-0.3, -0.25) is 4.57 Å². The molecule has 0 aliphatic carbocycles. The van der Waals surface area contributed by atoms with Crippen molar-refractivity contribution in [2.24, 2.45) is 5.41 Å². The van der Waals surface area contributed by atoms with Gasteiger partial charge in [0.25, 0.3) is 9.04 Å². The van der Waals surface area contributed by atoms with Crippen molar-refractivity contribution in [1.29, 1.82) is 0 Å². The second-order valence-electron chi connectivity index (χ2n) is 16.1. The van der Waals surface area contributed by atoms with E-state index in [1.54, 1.807) is 55.4 Å². The van der Waals surface area contributed by atoms with Gasteiger partial charge in [0.15, 0.2) is 5.52 Å². The van der Waals surface area contributed by atoms with Crippen LogP contribution in [0.3, 0.4) is 0 Å². The second-order valence-corrected chi connectivity index (χ2v) is 21.9. The summed E-state index contributed by atoms with van der Waals surface area (Å²) in [5.41, 5.74) is -2.08. The number of ether oxygens (including phenoxy) is 3. The van der Waals surface area contributed by atoms with Gasteiger partial charge in [0.05, 0.1) is 37.2 Å². The van der Waals surface area contributed by atoms with Gasteiger partial charge in [0.2, 0.25) is 17.5 Å². The number of methoxy groups -OCH3 is 1. The Balaban J connectivity index is 1.81. The summed E-state index contributed by atoms with van der Waals surface area (Å²) < 4.78 is 50.5. The van der Waals surface area contributed by atoms with Crippen LogP contribution in [0.15, 0.2) is 67.0 Å². The lowest BCUT2D eigenvalue weighted by molar-refractivity contribution is 0.0417. The maximum absolute atomic E-state index is 13.9. The van der Waals surface area contributed by atoms with Crippen molar-refractivity contribution < 1.29 is 46.7 Å². The van der Waals surface area contributed by atoms with Crippen LogP contribution in [0.25, 0.3) is 11.2 Å². The maximum atomic E-state index is 13.9. The van der Waals surface area contributed by atoms with Gasteiger partial charge in [-0.1, -0.05) is 81.4 Å². The fourth-order valence-electron chi connectivity index (χ4n) is 5.52. The highest BCUT2D eigenvalue weighted by atomic mass is 32.2. The van der Waals surface area contributed by atoms with Crippen molar-refractivity contribution in [2.75, 3.05) is 37.3 Å². The summed E-state index contributed by atoms with van der Waals surface area (Å²) in [6.07, 6.45) is -1.20. The minimum Gasteiger partial charge on any atom is -0.479 e. The first kappa shape index (κ1) is 46.7. The third-order valence-electron chi connectivity index (χ3n) is 7.85. The number of rotatable bonds is 17. The van der Waals surface area contributed by atoms with Gasteiger partial charge < -0.3 is 32.5 Å². The molecule has 0 N–H and O–H groups in total.